The summed E-state index contributed by atoms with van der Waals surface area (Å²) in [5.74, 6) is 0.712. The second-order valence-corrected chi connectivity index (χ2v) is 5.39. The van der Waals surface area contributed by atoms with Gasteiger partial charge in [0, 0.05) is 24.0 Å². The summed E-state index contributed by atoms with van der Waals surface area (Å²) in [4.78, 5) is 0. The molecule has 0 unspecified atom stereocenters. The van der Waals surface area contributed by atoms with Crippen molar-refractivity contribution in [3.8, 4) is 0 Å². The summed E-state index contributed by atoms with van der Waals surface area (Å²) in [5.41, 5.74) is 2.04. The second kappa shape index (κ2) is 3.50. The van der Waals surface area contributed by atoms with Gasteiger partial charge in [0.05, 0.1) is 0 Å². The maximum Gasteiger partial charge on any atom is 0.0406 e. The monoisotopic (exact) mass is 221 g/mol. The Bertz CT molecular complexity index is 353. The van der Waals surface area contributed by atoms with Gasteiger partial charge in [-0.15, -0.1) is 0 Å². The topological polar surface area (TPSA) is 12.0 Å². The Balaban J connectivity index is 1.90. The van der Waals surface area contributed by atoms with Crippen molar-refractivity contribution in [2.24, 2.45) is 5.41 Å². The molecule has 1 saturated heterocycles. The highest BCUT2D eigenvalue weighted by molar-refractivity contribution is 6.30. The fraction of sp³-hybridized carbons (Fsp3) is 0.538. The summed E-state index contributed by atoms with van der Waals surface area (Å²) >= 11 is 5.92. The van der Waals surface area contributed by atoms with Crippen molar-refractivity contribution in [1.29, 1.82) is 0 Å². The predicted octanol–water partition coefficient (Wildman–Crippen LogP) is 3.20. The van der Waals surface area contributed by atoms with E-state index in [4.69, 9.17) is 11.6 Å². The lowest BCUT2D eigenvalue weighted by Crippen LogP contribution is -2.35. The average Bonchev–Trinajstić information content (AvgIpc) is 2.62. The van der Waals surface area contributed by atoms with E-state index < -0.39 is 0 Å². The van der Waals surface area contributed by atoms with Gasteiger partial charge >= 0.3 is 0 Å². The van der Waals surface area contributed by atoms with Gasteiger partial charge in [0.25, 0.3) is 0 Å². The van der Waals surface area contributed by atoms with Gasteiger partial charge in [-0.05, 0) is 36.0 Å². The van der Waals surface area contributed by atoms with E-state index in [1.54, 1.807) is 0 Å². The van der Waals surface area contributed by atoms with Gasteiger partial charge in [-0.2, -0.15) is 0 Å². The van der Waals surface area contributed by atoms with E-state index in [-0.39, 0.29) is 0 Å². The van der Waals surface area contributed by atoms with E-state index >= 15 is 0 Å². The van der Waals surface area contributed by atoms with E-state index in [1.807, 2.05) is 12.1 Å². The second-order valence-electron chi connectivity index (χ2n) is 4.95. The molecule has 0 amide bonds. The van der Waals surface area contributed by atoms with Crippen LogP contribution in [0.15, 0.2) is 24.3 Å². The van der Waals surface area contributed by atoms with Gasteiger partial charge in [0.15, 0.2) is 0 Å². The van der Waals surface area contributed by atoms with Crippen LogP contribution >= 0.6 is 11.6 Å². The maximum atomic E-state index is 5.92. The molecule has 1 aromatic carbocycles. The van der Waals surface area contributed by atoms with Crippen LogP contribution in [0.2, 0.25) is 5.02 Å². The van der Waals surface area contributed by atoms with Crippen LogP contribution in [0.4, 0.5) is 0 Å². The molecule has 2 aliphatic rings. The molecule has 1 aliphatic carbocycles. The Kier molecular flexibility index (Phi) is 2.26. The number of benzene rings is 1. The lowest BCUT2D eigenvalue weighted by Gasteiger charge is -2.43. The van der Waals surface area contributed by atoms with Crippen LogP contribution < -0.4 is 5.32 Å². The molecular formula is C13H16ClN. The third kappa shape index (κ3) is 1.49. The molecule has 0 aromatic heterocycles. The quantitative estimate of drug-likeness (QED) is 0.768. The summed E-state index contributed by atoms with van der Waals surface area (Å²) in [6.45, 7) is 2.35. The molecule has 1 atom stereocenters. The first-order chi connectivity index (χ1) is 7.30. The van der Waals surface area contributed by atoms with Gasteiger partial charge < -0.3 is 5.32 Å². The SMILES string of the molecule is Clc1ccc([C@H]2CNCC23CCC3)cc1. The van der Waals surface area contributed by atoms with E-state index in [1.165, 1.54) is 31.4 Å². The minimum atomic E-state index is 0.577. The molecular weight excluding hydrogens is 206 g/mol. The van der Waals surface area contributed by atoms with Crippen LogP contribution in [0.3, 0.4) is 0 Å². The van der Waals surface area contributed by atoms with Crippen molar-refractivity contribution in [2.75, 3.05) is 13.1 Å². The Morgan fingerprint density at radius 2 is 1.93 bits per heavy atom. The van der Waals surface area contributed by atoms with Crippen molar-refractivity contribution in [1.82, 2.24) is 5.32 Å². The maximum absolute atomic E-state index is 5.92. The van der Waals surface area contributed by atoms with Crippen molar-refractivity contribution in [2.45, 2.75) is 25.2 Å². The number of hydrogen-bond acceptors (Lipinski definition) is 1. The molecule has 2 heteroatoms. The molecule has 3 rings (SSSR count). The van der Waals surface area contributed by atoms with E-state index in [0.717, 1.165) is 11.6 Å². The Hall–Kier alpha value is -0.530. The highest BCUT2D eigenvalue weighted by Crippen LogP contribution is 2.53. The molecule has 1 spiro atoms. The zero-order chi connectivity index (χ0) is 10.3. The Morgan fingerprint density at radius 1 is 1.20 bits per heavy atom. The van der Waals surface area contributed by atoms with E-state index in [9.17, 15) is 0 Å². The zero-order valence-corrected chi connectivity index (χ0v) is 9.56. The third-order valence-electron chi connectivity index (χ3n) is 4.19. The number of nitrogens with one attached hydrogen (secondary N) is 1. The summed E-state index contributed by atoms with van der Waals surface area (Å²) in [6.07, 6.45) is 4.20. The first kappa shape index (κ1) is 9.68. The molecule has 1 heterocycles. The highest BCUT2D eigenvalue weighted by atomic mass is 35.5. The largest absolute Gasteiger partial charge is 0.316 e. The van der Waals surface area contributed by atoms with Gasteiger partial charge in [-0.3, -0.25) is 0 Å². The lowest BCUT2D eigenvalue weighted by molar-refractivity contribution is 0.137. The Morgan fingerprint density at radius 3 is 2.53 bits per heavy atom. The fourth-order valence-corrected chi connectivity index (χ4v) is 3.25. The van der Waals surface area contributed by atoms with Crippen LogP contribution in [0.5, 0.6) is 0 Å². The first-order valence-corrected chi connectivity index (χ1v) is 6.14. The number of rotatable bonds is 1. The molecule has 1 saturated carbocycles. The van der Waals surface area contributed by atoms with E-state index in [0.29, 0.717) is 11.3 Å². The molecule has 1 N–H and O–H groups in total. The van der Waals surface area contributed by atoms with Crippen molar-refractivity contribution < 1.29 is 0 Å². The zero-order valence-electron chi connectivity index (χ0n) is 8.80. The predicted molar refractivity (Wildman–Crippen MR) is 63.3 cm³/mol. The van der Waals surface area contributed by atoms with Crippen molar-refractivity contribution >= 4 is 11.6 Å². The summed E-state index contributed by atoms with van der Waals surface area (Å²) < 4.78 is 0. The molecule has 15 heavy (non-hydrogen) atoms. The molecule has 1 aromatic rings. The molecule has 1 aliphatic heterocycles. The number of halogens is 1. The van der Waals surface area contributed by atoms with Crippen molar-refractivity contribution in [3.63, 3.8) is 0 Å². The molecule has 1 nitrogen and oxygen atoms in total. The molecule has 2 fully saturated rings. The van der Waals surface area contributed by atoms with Crippen LogP contribution in [0, 0.1) is 5.41 Å². The van der Waals surface area contributed by atoms with Crippen molar-refractivity contribution in [3.05, 3.63) is 34.9 Å². The van der Waals surface area contributed by atoms with Gasteiger partial charge in [0.2, 0.25) is 0 Å². The van der Waals surface area contributed by atoms with Crippen LogP contribution in [0.1, 0.15) is 30.7 Å². The van der Waals surface area contributed by atoms with Crippen LogP contribution in [-0.4, -0.2) is 13.1 Å². The summed E-state index contributed by atoms with van der Waals surface area (Å²) in [5, 5.41) is 4.39. The first-order valence-electron chi connectivity index (χ1n) is 5.76. The number of hydrogen-bond donors (Lipinski definition) is 1. The molecule has 0 radical (unpaired) electrons. The summed E-state index contributed by atoms with van der Waals surface area (Å²) in [7, 11) is 0. The fourth-order valence-electron chi connectivity index (χ4n) is 3.13. The smallest absolute Gasteiger partial charge is 0.0406 e. The minimum absolute atomic E-state index is 0.577. The summed E-state index contributed by atoms with van der Waals surface area (Å²) in [6, 6.07) is 8.42. The standard InChI is InChI=1S/C13H16ClN/c14-11-4-2-10(3-5-11)12-8-15-9-13(12)6-1-7-13/h2-5,12,15H,1,6-9H2/t12-/m1/s1. The van der Waals surface area contributed by atoms with Gasteiger partial charge in [0.1, 0.15) is 0 Å². The van der Waals surface area contributed by atoms with Gasteiger partial charge in [-0.25, -0.2) is 0 Å². The minimum Gasteiger partial charge on any atom is -0.316 e. The highest BCUT2D eigenvalue weighted by Gasteiger charge is 2.47. The Labute approximate surface area is 95.8 Å². The van der Waals surface area contributed by atoms with Crippen LogP contribution in [-0.2, 0) is 0 Å². The molecule has 80 valence electrons. The normalized spacial score (nSPS) is 27.9. The lowest BCUT2D eigenvalue weighted by atomic mass is 9.61. The molecule has 0 bridgehead atoms. The van der Waals surface area contributed by atoms with E-state index in [2.05, 4.69) is 17.4 Å². The van der Waals surface area contributed by atoms with Gasteiger partial charge in [-0.1, -0.05) is 30.2 Å². The third-order valence-corrected chi connectivity index (χ3v) is 4.44. The average molecular weight is 222 g/mol. The van der Waals surface area contributed by atoms with Crippen LogP contribution in [0.25, 0.3) is 0 Å².